The minimum Gasteiger partial charge on any atom is -0.490 e. The van der Waals surface area contributed by atoms with Gasteiger partial charge in [0.05, 0.1) is 41.7 Å². The summed E-state index contributed by atoms with van der Waals surface area (Å²) in [6.45, 7) is 6.81. The van der Waals surface area contributed by atoms with Crippen LogP contribution >= 0.6 is 11.3 Å². The molecule has 0 unspecified atom stereocenters. The zero-order chi connectivity index (χ0) is 28.1. The summed E-state index contributed by atoms with van der Waals surface area (Å²) in [6, 6.07) is 23.9. The number of rotatable bonds is 9. The Morgan fingerprint density at radius 2 is 1.57 bits per heavy atom. The van der Waals surface area contributed by atoms with Crippen molar-refractivity contribution in [1.82, 2.24) is 4.57 Å². The van der Waals surface area contributed by atoms with Gasteiger partial charge in [-0.05, 0) is 50.1 Å². The van der Waals surface area contributed by atoms with Crippen LogP contribution in [0.25, 0.3) is 11.8 Å². The van der Waals surface area contributed by atoms with E-state index < -0.39 is 12.0 Å². The summed E-state index contributed by atoms with van der Waals surface area (Å²) in [6.07, 6.45) is 1.82. The lowest BCUT2D eigenvalue weighted by Gasteiger charge is -2.25. The van der Waals surface area contributed by atoms with Crippen molar-refractivity contribution in [2.24, 2.45) is 4.99 Å². The number of thiazole rings is 1. The van der Waals surface area contributed by atoms with Crippen LogP contribution in [0.1, 0.15) is 43.5 Å². The molecule has 3 aromatic carbocycles. The molecule has 0 saturated carbocycles. The van der Waals surface area contributed by atoms with E-state index >= 15 is 0 Å². The summed E-state index contributed by atoms with van der Waals surface area (Å²) < 4.78 is 19.1. The first-order valence-electron chi connectivity index (χ1n) is 13.3. The molecule has 5 rings (SSSR count). The third-order valence-electron chi connectivity index (χ3n) is 6.35. The molecule has 0 saturated heterocycles. The standard InChI is InChI=1S/C32H30N2O5S/c1-4-37-24-18-17-21(19-25(24)38-5-2)20-26-30(35)34-29(23-15-11-8-12-16-23)27(31(36)39-6-3)28(33-32(34)40-26)22-13-9-7-10-14-22/h7-20,29H,4-6H2,1-3H3/b26-20-/t29-/m0/s1. The van der Waals surface area contributed by atoms with Crippen molar-refractivity contribution in [3.63, 3.8) is 0 Å². The predicted molar refractivity (Wildman–Crippen MR) is 156 cm³/mol. The molecule has 0 aliphatic carbocycles. The van der Waals surface area contributed by atoms with E-state index in [1.165, 1.54) is 11.3 Å². The fourth-order valence-corrected chi connectivity index (χ4v) is 5.70. The van der Waals surface area contributed by atoms with Gasteiger partial charge in [0.25, 0.3) is 5.56 Å². The number of fused-ring (bicyclic) bond motifs is 1. The number of nitrogens with zero attached hydrogens (tertiary/aromatic N) is 2. The number of ether oxygens (including phenoxy) is 3. The first-order chi connectivity index (χ1) is 19.5. The van der Waals surface area contributed by atoms with E-state index in [9.17, 15) is 9.59 Å². The average Bonchev–Trinajstić information content (AvgIpc) is 3.29. The molecule has 0 radical (unpaired) electrons. The molecule has 0 fully saturated rings. The van der Waals surface area contributed by atoms with Crippen LogP contribution in [0.15, 0.2) is 94.2 Å². The second kappa shape index (κ2) is 12.2. The molecule has 0 spiro atoms. The van der Waals surface area contributed by atoms with E-state index in [-0.39, 0.29) is 12.2 Å². The SMILES string of the molecule is CCOC(=O)C1=C(c2ccccc2)N=c2s/c(=C\c3ccc(OCC)c(OCC)c3)c(=O)n2[C@H]1c1ccccc1. The Bertz CT molecular complexity index is 1720. The van der Waals surface area contributed by atoms with Crippen molar-refractivity contribution in [3.8, 4) is 11.5 Å². The normalized spacial score (nSPS) is 14.9. The summed E-state index contributed by atoms with van der Waals surface area (Å²) >= 11 is 1.28. The maximum absolute atomic E-state index is 14.0. The van der Waals surface area contributed by atoms with Gasteiger partial charge in [-0.2, -0.15) is 0 Å². The highest BCUT2D eigenvalue weighted by Gasteiger charge is 2.35. The number of carbonyl (C=O) groups is 1. The lowest BCUT2D eigenvalue weighted by Crippen LogP contribution is -2.39. The maximum atomic E-state index is 14.0. The van der Waals surface area contributed by atoms with E-state index in [4.69, 9.17) is 19.2 Å². The number of benzene rings is 3. The fourth-order valence-electron chi connectivity index (χ4n) is 4.70. The van der Waals surface area contributed by atoms with Crippen molar-refractivity contribution < 1.29 is 19.0 Å². The number of hydrogen-bond acceptors (Lipinski definition) is 7. The quantitative estimate of drug-likeness (QED) is 0.280. The van der Waals surface area contributed by atoms with Gasteiger partial charge in [-0.25, -0.2) is 9.79 Å². The molecule has 2 heterocycles. The molecule has 204 valence electrons. The number of hydrogen-bond donors (Lipinski definition) is 0. The maximum Gasteiger partial charge on any atom is 0.338 e. The Morgan fingerprint density at radius 1 is 0.900 bits per heavy atom. The monoisotopic (exact) mass is 554 g/mol. The largest absolute Gasteiger partial charge is 0.490 e. The highest BCUT2D eigenvalue weighted by Crippen LogP contribution is 2.35. The second-order valence-electron chi connectivity index (χ2n) is 8.91. The summed E-state index contributed by atoms with van der Waals surface area (Å²) in [5, 5.41) is 0. The molecule has 40 heavy (non-hydrogen) atoms. The van der Waals surface area contributed by atoms with Crippen LogP contribution in [-0.2, 0) is 9.53 Å². The first-order valence-corrected chi connectivity index (χ1v) is 14.1. The zero-order valence-electron chi connectivity index (χ0n) is 22.6. The van der Waals surface area contributed by atoms with Crippen LogP contribution in [0.3, 0.4) is 0 Å². The van der Waals surface area contributed by atoms with Crippen molar-refractivity contribution >= 4 is 29.1 Å². The van der Waals surface area contributed by atoms with Crippen LogP contribution in [-0.4, -0.2) is 30.4 Å². The predicted octanol–water partition coefficient (Wildman–Crippen LogP) is 4.73. The Morgan fingerprint density at radius 3 is 2.25 bits per heavy atom. The molecule has 1 atom stereocenters. The highest BCUT2D eigenvalue weighted by molar-refractivity contribution is 7.07. The van der Waals surface area contributed by atoms with Crippen molar-refractivity contribution in [3.05, 3.63) is 121 Å². The minimum absolute atomic E-state index is 0.205. The lowest BCUT2D eigenvalue weighted by atomic mass is 9.93. The molecule has 1 aromatic heterocycles. The molecule has 0 amide bonds. The molecule has 7 nitrogen and oxygen atoms in total. The van der Waals surface area contributed by atoms with Crippen molar-refractivity contribution in [2.45, 2.75) is 26.8 Å². The van der Waals surface area contributed by atoms with Gasteiger partial charge in [0, 0.05) is 5.56 Å². The Kier molecular flexibility index (Phi) is 8.26. The van der Waals surface area contributed by atoms with Crippen LogP contribution < -0.4 is 24.4 Å². The Labute approximate surface area is 236 Å². The molecular weight excluding hydrogens is 524 g/mol. The van der Waals surface area contributed by atoms with Crippen LogP contribution in [0, 0.1) is 0 Å². The van der Waals surface area contributed by atoms with Gasteiger partial charge in [0.1, 0.15) is 0 Å². The van der Waals surface area contributed by atoms with Gasteiger partial charge < -0.3 is 14.2 Å². The van der Waals surface area contributed by atoms with E-state index in [2.05, 4.69) is 0 Å². The van der Waals surface area contributed by atoms with Crippen LogP contribution in [0.2, 0.25) is 0 Å². The van der Waals surface area contributed by atoms with E-state index in [1.54, 1.807) is 11.5 Å². The van der Waals surface area contributed by atoms with Crippen LogP contribution in [0.4, 0.5) is 0 Å². The Balaban J connectivity index is 1.75. The van der Waals surface area contributed by atoms with Gasteiger partial charge in [-0.3, -0.25) is 9.36 Å². The fraction of sp³-hybridized carbons (Fsp3) is 0.219. The first kappa shape index (κ1) is 27.1. The van der Waals surface area contributed by atoms with Gasteiger partial charge in [0.2, 0.25) is 0 Å². The van der Waals surface area contributed by atoms with Gasteiger partial charge >= 0.3 is 5.97 Å². The molecule has 0 bridgehead atoms. The molecule has 0 N–H and O–H groups in total. The lowest BCUT2D eigenvalue weighted by molar-refractivity contribution is -0.138. The van der Waals surface area contributed by atoms with Crippen molar-refractivity contribution in [2.75, 3.05) is 19.8 Å². The molecule has 1 aliphatic rings. The number of aromatic nitrogens is 1. The molecule has 4 aromatic rings. The minimum atomic E-state index is -0.701. The average molecular weight is 555 g/mol. The van der Waals surface area contributed by atoms with Crippen LogP contribution in [0.5, 0.6) is 11.5 Å². The summed E-state index contributed by atoms with van der Waals surface area (Å²) in [5.41, 5.74) is 2.95. The van der Waals surface area contributed by atoms with Gasteiger partial charge in [0.15, 0.2) is 16.3 Å². The summed E-state index contributed by atoms with van der Waals surface area (Å²) in [4.78, 5) is 32.9. The number of carbonyl (C=O) groups excluding carboxylic acids is 1. The number of esters is 1. The second-order valence-corrected chi connectivity index (χ2v) is 9.92. The zero-order valence-corrected chi connectivity index (χ0v) is 23.4. The van der Waals surface area contributed by atoms with E-state index in [1.807, 2.05) is 98.8 Å². The highest BCUT2D eigenvalue weighted by atomic mass is 32.1. The third-order valence-corrected chi connectivity index (χ3v) is 7.34. The van der Waals surface area contributed by atoms with Gasteiger partial charge in [-0.1, -0.05) is 78.1 Å². The topological polar surface area (TPSA) is 79.1 Å². The molecule has 8 heteroatoms. The molecule has 1 aliphatic heterocycles. The van der Waals surface area contributed by atoms with E-state index in [0.717, 1.165) is 16.7 Å². The summed E-state index contributed by atoms with van der Waals surface area (Å²) in [5.74, 6) is 0.767. The van der Waals surface area contributed by atoms with E-state index in [0.29, 0.717) is 45.3 Å². The van der Waals surface area contributed by atoms with Gasteiger partial charge in [-0.15, -0.1) is 0 Å². The molecular formula is C32H30N2O5S. The Hall–Kier alpha value is -4.43. The smallest absolute Gasteiger partial charge is 0.338 e. The third kappa shape index (κ3) is 5.35. The van der Waals surface area contributed by atoms with Crippen molar-refractivity contribution in [1.29, 1.82) is 0 Å². The summed E-state index contributed by atoms with van der Waals surface area (Å²) in [7, 11) is 0.